The standard InChI is InChI=1S/C27H36N4O7S/c1-4-9-26(10-11-26)38-39(34,35)31-25(33)27(15-18(27)5-2)30-23(32)22-14-20(16-29-22)37-24-21-7-6-19(36-3)13-17(21)8-12-28-24/h6-8,12-13,18,20,22,29H,4-5,9-11,14-16H2,1-3H3,(H,30,32)(H,31,33). The predicted octanol–water partition coefficient (Wildman–Crippen LogP) is 2.35. The van der Waals surface area contributed by atoms with Gasteiger partial charge >= 0.3 is 10.3 Å². The molecule has 2 amide bonds. The lowest BCUT2D eigenvalue weighted by atomic mass is 10.1. The molecule has 4 unspecified atom stereocenters. The summed E-state index contributed by atoms with van der Waals surface area (Å²) >= 11 is 0. The highest BCUT2D eigenvalue weighted by Crippen LogP contribution is 2.47. The second kappa shape index (κ2) is 10.5. The normalized spacial score (nSPS) is 27.1. The molecule has 2 aliphatic carbocycles. The highest BCUT2D eigenvalue weighted by Gasteiger charge is 2.61. The molecule has 39 heavy (non-hydrogen) atoms. The van der Waals surface area contributed by atoms with E-state index in [1.807, 2.05) is 38.1 Å². The molecule has 11 nitrogen and oxygen atoms in total. The van der Waals surface area contributed by atoms with Gasteiger partial charge in [-0.15, -0.1) is 0 Å². The Morgan fingerprint density at radius 1 is 1.21 bits per heavy atom. The number of nitrogens with one attached hydrogen (secondary N) is 3. The molecule has 5 rings (SSSR count). The van der Waals surface area contributed by atoms with Gasteiger partial charge in [-0.1, -0.05) is 26.7 Å². The first-order valence-corrected chi connectivity index (χ1v) is 15.0. The van der Waals surface area contributed by atoms with Gasteiger partial charge in [0.1, 0.15) is 17.4 Å². The van der Waals surface area contributed by atoms with Crippen LogP contribution < -0.4 is 24.8 Å². The maximum atomic E-state index is 13.2. The summed E-state index contributed by atoms with van der Waals surface area (Å²) in [6.07, 6.45) is 5.40. The predicted molar refractivity (Wildman–Crippen MR) is 143 cm³/mol. The fourth-order valence-corrected chi connectivity index (χ4v) is 6.71. The molecule has 2 heterocycles. The molecule has 1 aliphatic heterocycles. The van der Waals surface area contributed by atoms with Crippen LogP contribution in [0.3, 0.4) is 0 Å². The smallest absolute Gasteiger partial charge is 0.362 e. The third kappa shape index (κ3) is 5.82. The number of fused-ring (bicyclic) bond motifs is 1. The zero-order valence-corrected chi connectivity index (χ0v) is 23.3. The van der Waals surface area contributed by atoms with E-state index < -0.39 is 33.4 Å². The van der Waals surface area contributed by atoms with Crippen molar-refractivity contribution in [1.29, 1.82) is 0 Å². The molecular formula is C27H36N4O7S. The monoisotopic (exact) mass is 560 g/mol. The number of ether oxygens (including phenoxy) is 2. The van der Waals surface area contributed by atoms with Crippen molar-refractivity contribution in [3.63, 3.8) is 0 Å². The first-order valence-electron chi connectivity index (χ1n) is 13.5. The highest BCUT2D eigenvalue weighted by atomic mass is 32.2. The fourth-order valence-electron chi connectivity index (χ4n) is 5.55. The van der Waals surface area contributed by atoms with Gasteiger partial charge in [0, 0.05) is 24.5 Å². The minimum Gasteiger partial charge on any atom is -0.497 e. The summed E-state index contributed by atoms with van der Waals surface area (Å²) < 4.78 is 44.1. The summed E-state index contributed by atoms with van der Waals surface area (Å²) in [5.74, 6) is -0.0852. The van der Waals surface area contributed by atoms with Crippen LogP contribution in [0.25, 0.3) is 10.8 Å². The molecule has 3 N–H and O–H groups in total. The summed E-state index contributed by atoms with van der Waals surface area (Å²) in [7, 11) is -2.69. The Hall–Kier alpha value is -2.96. The van der Waals surface area contributed by atoms with Crippen LogP contribution >= 0.6 is 0 Å². The average molecular weight is 561 g/mol. The SMILES string of the molecule is CCCC1(OS(=O)(=O)NC(=O)C2(NC(=O)C3CC(Oc4nccc5cc(OC)ccc45)CN3)CC2CC)CC1. The largest absolute Gasteiger partial charge is 0.497 e. The van der Waals surface area contributed by atoms with E-state index in [1.165, 1.54) is 0 Å². The molecule has 2 aromatic rings. The number of hydrogen-bond acceptors (Lipinski definition) is 9. The molecule has 3 aliphatic rings. The van der Waals surface area contributed by atoms with Gasteiger partial charge in [0.2, 0.25) is 11.8 Å². The second-order valence-electron chi connectivity index (χ2n) is 10.8. The number of rotatable bonds is 12. The molecule has 1 aromatic heterocycles. The van der Waals surface area contributed by atoms with Crippen molar-refractivity contribution in [2.75, 3.05) is 13.7 Å². The lowest BCUT2D eigenvalue weighted by Gasteiger charge is -2.22. The Morgan fingerprint density at radius 2 is 2.00 bits per heavy atom. The van der Waals surface area contributed by atoms with Gasteiger partial charge in [-0.3, -0.25) is 9.59 Å². The van der Waals surface area contributed by atoms with Gasteiger partial charge in [-0.25, -0.2) is 13.9 Å². The van der Waals surface area contributed by atoms with E-state index >= 15 is 0 Å². The molecule has 12 heteroatoms. The number of benzene rings is 1. The lowest BCUT2D eigenvalue weighted by Crippen LogP contribution is -2.55. The molecule has 0 spiro atoms. The number of amides is 2. The quantitative estimate of drug-likeness (QED) is 0.356. The van der Waals surface area contributed by atoms with E-state index in [0.717, 1.165) is 22.9 Å². The van der Waals surface area contributed by atoms with Gasteiger partial charge < -0.3 is 20.1 Å². The minimum absolute atomic E-state index is 0.160. The van der Waals surface area contributed by atoms with Crippen molar-refractivity contribution in [1.82, 2.24) is 20.3 Å². The fraction of sp³-hybridized carbons (Fsp3) is 0.593. The maximum absolute atomic E-state index is 13.2. The Labute approximate surface area is 228 Å². The van der Waals surface area contributed by atoms with E-state index in [1.54, 1.807) is 13.3 Å². The average Bonchev–Trinajstić information content (AvgIpc) is 3.77. The van der Waals surface area contributed by atoms with Crippen LogP contribution in [0.2, 0.25) is 0 Å². The van der Waals surface area contributed by atoms with Crippen molar-refractivity contribution in [2.24, 2.45) is 5.92 Å². The van der Waals surface area contributed by atoms with Gasteiger partial charge in [0.15, 0.2) is 0 Å². The first-order chi connectivity index (χ1) is 18.6. The summed E-state index contributed by atoms with van der Waals surface area (Å²) in [5.41, 5.74) is -1.99. The summed E-state index contributed by atoms with van der Waals surface area (Å²) in [6.45, 7) is 4.28. The molecular weight excluding hydrogens is 524 g/mol. The third-order valence-corrected chi connectivity index (χ3v) is 9.00. The lowest BCUT2D eigenvalue weighted by molar-refractivity contribution is -0.130. The summed E-state index contributed by atoms with van der Waals surface area (Å²) in [4.78, 5) is 30.7. The molecule has 0 bridgehead atoms. The Bertz CT molecular complexity index is 1360. The van der Waals surface area contributed by atoms with Crippen LogP contribution in [-0.2, 0) is 24.1 Å². The zero-order valence-electron chi connectivity index (χ0n) is 22.5. The van der Waals surface area contributed by atoms with E-state index in [4.69, 9.17) is 13.7 Å². The topological polar surface area (TPSA) is 145 Å². The van der Waals surface area contributed by atoms with Gasteiger partial charge in [0.25, 0.3) is 5.91 Å². The van der Waals surface area contributed by atoms with E-state index in [9.17, 15) is 18.0 Å². The molecule has 1 aromatic carbocycles. The second-order valence-corrected chi connectivity index (χ2v) is 12.1. The Kier molecular flexibility index (Phi) is 7.47. The van der Waals surface area contributed by atoms with Crippen LogP contribution in [-0.4, -0.2) is 62.2 Å². The number of carbonyl (C=O) groups is 2. The van der Waals surface area contributed by atoms with Crippen LogP contribution in [0.15, 0.2) is 30.5 Å². The van der Waals surface area contributed by atoms with Crippen molar-refractivity contribution >= 4 is 32.9 Å². The number of aromatic nitrogens is 1. The molecule has 212 valence electrons. The van der Waals surface area contributed by atoms with Crippen LogP contribution in [0, 0.1) is 5.92 Å². The molecule has 1 saturated heterocycles. The number of carbonyl (C=O) groups excluding carboxylic acids is 2. The van der Waals surface area contributed by atoms with Crippen LogP contribution in [0.4, 0.5) is 0 Å². The summed E-state index contributed by atoms with van der Waals surface area (Å²) in [5, 5.41) is 7.76. The number of pyridine rings is 1. The molecule has 4 atom stereocenters. The van der Waals surface area contributed by atoms with E-state index in [-0.39, 0.29) is 17.9 Å². The van der Waals surface area contributed by atoms with E-state index in [2.05, 4.69) is 20.3 Å². The number of methoxy groups -OCH3 is 1. The molecule has 3 fully saturated rings. The van der Waals surface area contributed by atoms with Crippen molar-refractivity contribution in [2.45, 2.75) is 82.1 Å². The zero-order chi connectivity index (χ0) is 27.8. The number of nitrogens with zero attached hydrogens (tertiary/aromatic N) is 1. The van der Waals surface area contributed by atoms with E-state index in [0.29, 0.717) is 50.9 Å². The van der Waals surface area contributed by atoms with Gasteiger partial charge in [0.05, 0.1) is 18.8 Å². The first kappa shape index (κ1) is 27.6. The van der Waals surface area contributed by atoms with Crippen molar-refractivity contribution < 1.29 is 31.7 Å². The third-order valence-electron chi connectivity index (χ3n) is 7.99. The summed E-state index contributed by atoms with van der Waals surface area (Å²) in [6, 6.07) is 6.90. The Balaban J connectivity index is 1.21. The molecule has 2 saturated carbocycles. The molecule has 0 radical (unpaired) electrons. The maximum Gasteiger partial charge on any atom is 0.362 e. The minimum atomic E-state index is -4.29. The van der Waals surface area contributed by atoms with Gasteiger partial charge in [-0.2, -0.15) is 8.42 Å². The van der Waals surface area contributed by atoms with Gasteiger partial charge in [-0.05, 0) is 61.3 Å². The van der Waals surface area contributed by atoms with Crippen molar-refractivity contribution in [3.05, 3.63) is 30.5 Å². The van der Waals surface area contributed by atoms with Crippen LogP contribution in [0.1, 0.15) is 58.8 Å². The number of hydrogen-bond donors (Lipinski definition) is 3. The highest BCUT2D eigenvalue weighted by molar-refractivity contribution is 7.85. The Morgan fingerprint density at radius 3 is 2.67 bits per heavy atom. The van der Waals surface area contributed by atoms with Crippen molar-refractivity contribution in [3.8, 4) is 11.6 Å². The van der Waals surface area contributed by atoms with Crippen LogP contribution in [0.5, 0.6) is 11.6 Å².